The maximum absolute atomic E-state index is 11.7. The first-order valence-electron chi connectivity index (χ1n) is 7.30. The van der Waals surface area contributed by atoms with Crippen molar-refractivity contribution in [1.82, 2.24) is 0 Å². The summed E-state index contributed by atoms with van der Waals surface area (Å²) in [6.45, 7) is 9.08. The number of carbonyl (C=O) groups is 3. The maximum atomic E-state index is 11.7. The lowest BCUT2D eigenvalue weighted by Crippen LogP contribution is -2.42. The number of hydrogen-bond donors (Lipinski definition) is 2. The van der Waals surface area contributed by atoms with Gasteiger partial charge in [-0.2, -0.15) is 0 Å². The third-order valence-electron chi connectivity index (χ3n) is 2.83. The first-order chi connectivity index (χ1) is 10.7. The lowest BCUT2D eigenvalue weighted by Gasteiger charge is -2.30. The van der Waals surface area contributed by atoms with Crippen LogP contribution in [0.4, 0.5) is 0 Å². The van der Waals surface area contributed by atoms with Crippen molar-refractivity contribution >= 4 is 17.9 Å². The third-order valence-corrected chi connectivity index (χ3v) is 2.83. The minimum atomic E-state index is -1.69. The lowest BCUT2D eigenvalue weighted by molar-refractivity contribution is -0.175. The van der Waals surface area contributed by atoms with E-state index in [9.17, 15) is 24.6 Å². The van der Waals surface area contributed by atoms with Crippen LogP contribution in [0, 0.1) is 5.41 Å². The molecule has 0 bridgehead atoms. The van der Waals surface area contributed by atoms with Crippen molar-refractivity contribution in [3.63, 3.8) is 0 Å². The minimum Gasteiger partial charge on any atom is -0.463 e. The van der Waals surface area contributed by atoms with Crippen molar-refractivity contribution in [3.05, 3.63) is 12.7 Å². The number of ether oxygens (including phenoxy) is 3. The van der Waals surface area contributed by atoms with E-state index in [-0.39, 0.29) is 19.8 Å². The molecule has 0 aromatic heterocycles. The molecule has 0 unspecified atom stereocenters. The normalized spacial score (nSPS) is 12.3. The van der Waals surface area contributed by atoms with E-state index < -0.39 is 34.5 Å². The molecule has 0 aromatic carbocycles. The summed E-state index contributed by atoms with van der Waals surface area (Å²) in [5.41, 5.74) is -4.45. The average molecular weight is 346 g/mol. The molecule has 0 aliphatic heterocycles. The molecule has 138 valence electrons. The van der Waals surface area contributed by atoms with Crippen molar-refractivity contribution in [3.8, 4) is 0 Å². The van der Waals surface area contributed by atoms with Gasteiger partial charge < -0.3 is 24.4 Å². The fourth-order valence-electron chi connectivity index (χ4n) is 1.26. The molecule has 0 heterocycles. The highest BCUT2D eigenvalue weighted by molar-refractivity contribution is 5.81. The molecule has 0 saturated heterocycles. The second kappa shape index (κ2) is 8.25. The Morgan fingerprint density at radius 2 is 1.17 bits per heavy atom. The monoisotopic (exact) mass is 346 g/mol. The molecule has 0 aromatic rings. The van der Waals surface area contributed by atoms with E-state index in [1.165, 1.54) is 27.7 Å². The molecule has 8 nitrogen and oxygen atoms in total. The van der Waals surface area contributed by atoms with Gasteiger partial charge in [0, 0.05) is 6.08 Å². The summed E-state index contributed by atoms with van der Waals surface area (Å²) in [5.74, 6) is -2.45. The van der Waals surface area contributed by atoms with Crippen LogP contribution in [0.1, 0.15) is 34.6 Å². The first kappa shape index (κ1) is 22.1. The highest BCUT2D eigenvalue weighted by Crippen LogP contribution is 2.21. The van der Waals surface area contributed by atoms with E-state index in [4.69, 9.17) is 14.2 Å². The zero-order valence-corrected chi connectivity index (χ0v) is 14.7. The van der Waals surface area contributed by atoms with Crippen molar-refractivity contribution in [2.45, 2.75) is 45.8 Å². The molecule has 2 N–H and O–H groups in total. The molecule has 0 aliphatic carbocycles. The Balaban J connectivity index is 4.94. The third kappa shape index (κ3) is 8.07. The summed E-state index contributed by atoms with van der Waals surface area (Å²) in [5, 5.41) is 19.1. The second-order valence-corrected chi connectivity index (χ2v) is 6.89. The number of hydrogen-bond acceptors (Lipinski definition) is 8. The smallest absolute Gasteiger partial charge is 0.337 e. The molecule has 24 heavy (non-hydrogen) atoms. The Bertz CT molecular complexity index is 451. The van der Waals surface area contributed by atoms with Gasteiger partial charge in [-0.05, 0) is 34.6 Å². The summed E-state index contributed by atoms with van der Waals surface area (Å²) in [6.07, 6.45) is 0.964. The van der Waals surface area contributed by atoms with Gasteiger partial charge in [0.05, 0.1) is 5.41 Å². The van der Waals surface area contributed by atoms with Crippen LogP contribution in [-0.2, 0) is 28.6 Å². The summed E-state index contributed by atoms with van der Waals surface area (Å²) >= 11 is 0. The van der Waals surface area contributed by atoms with E-state index in [0.717, 1.165) is 6.08 Å². The van der Waals surface area contributed by atoms with E-state index in [1.807, 2.05) is 0 Å². The number of carbonyl (C=O) groups excluding carboxylic acids is 3. The summed E-state index contributed by atoms with van der Waals surface area (Å²) in [7, 11) is 0. The first-order valence-corrected chi connectivity index (χ1v) is 7.30. The molecule has 0 saturated carbocycles. The van der Waals surface area contributed by atoms with E-state index >= 15 is 0 Å². The Hall–Kier alpha value is -1.93. The molecule has 0 amide bonds. The lowest BCUT2D eigenvalue weighted by atomic mass is 9.94. The van der Waals surface area contributed by atoms with Gasteiger partial charge in [0.15, 0.2) is 11.2 Å². The van der Waals surface area contributed by atoms with Gasteiger partial charge in [0.25, 0.3) is 0 Å². The standard InChI is InChI=1S/C16H26O8/c1-7-11(17)22-8-16(6,9-23-12(18)14(2,3)20)10-24-13(19)15(4,5)21/h7,20-21H,1,8-10H2,2-6H3. The Kier molecular flexibility index (Phi) is 7.59. The molecule has 0 spiro atoms. The average Bonchev–Trinajstić information content (AvgIpc) is 2.46. The number of rotatable bonds is 9. The summed E-state index contributed by atoms with van der Waals surface area (Å²) < 4.78 is 14.9. The topological polar surface area (TPSA) is 119 Å². The van der Waals surface area contributed by atoms with Gasteiger partial charge >= 0.3 is 17.9 Å². The zero-order valence-electron chi connectivity index (χ0n) is 14.7. The van der Waals surface area contributed by atoms with Gasteiger partial charge in [0.1, 0.15) is 19.8 Å². The fourth-order valence-corrected chi connectivity index (χ4v) is 1.26. The molecular weight excluding hydrogens is 320 g/mol. The Morgan fingerprint density at radius 3 is 1.46 bits per heavy atom. The van der Waals surface area contributed by atoms with Gasteiger partial charge in [-0.25, -0.2) is 14.4 Å². The minimum absolute atomic E-state index is 0.226. The van der Waals surface area contributed by atoms with Crippen molar-refractivity contribution in [2.24, 2.45) is 5.41 Å². The van der Waals surface area contributed by atoms with Crippen molar-refractivity contribution in [1.29, 1.82) is 0 Å². The largest absolute Gasteiger partial charge is 0.463 e. The second-order valence-electron chi connectivity index (χ2n) is 6.89. The summed E-state index contributed by atoms with van der Waals surface area (Å²) in [4.78, 5) is 34.5. The highest BCUT2D eigenvalue weighted by atomic mass is 16.6. The van der Waals surface area contributed by atoms with Crippen LogP contribution in [0.3, 0.4) is 0 Å². The van der Waals surface area contributed by atoms with Crippen LogP contribution >= 0.6 is 0 Å². The van der Waals surface area contributed by atoms with Crippen LogP contribution < -0.4 is 0 Å². The van der Waals surface area contributed by atoms with E-state index in [2.05, 4.69) is 6.58 Å². The van der Waals surface area contributed by atoms with Crippen LogP contribution in [-0.4, -0.2) is 59.1 Å². The van der Waals surface area contributed by atoms with E-state index in [0.29, 0.717) is 0 Å². The van der Waals surface area contributed by atoms with E-state index in [1.54, 1.807) is 6.92 Å². The van der Waals surface area contributed by atoms with Crippen molar-refractivity contribution in [2.75, 3.05) is 19.8 Å². The SMILES string of the molecule is C=CC(=O)OCC(C)(COC(=O)C(C)(C)O)COC(=O)C(C)(C)O. The molecule has 0 radical (unpaired) electrons. The molecule has 0 aliphatic rings. The zero-order chi connectivity index (χ0) is 19.2. The van der Waals surface area contributed by atoms with Crippen molar-refractivity contribution < 1.29 is 38.8 Å². The molecule has 0 fully saturated rings. The van der Waals surface area contributed by atoms with Crippen LogP contribution in [0.2, 0.25) is 0 Å². The van der Waals surface area contributed by atoms with Gasteiger partial charge in [-0.3, -0.25) is 0 Å². The molecular formula is C16H26O8. The maximum Gasteiger partial charge on any atom is 0.337 e. The van der Waals surface area contributed by atoms with Crippen LogP contribution in [0.25, 0.3) is 0 Å². The number of aliphatic hydroxyl groups is 2. The predicted octanol–water partition coefficient (Wildman–Crippen LogP) is 0.350. The Labute approximate surface area is 141 Å². The molecule has 0 rings (SSSR count). The summed E-state index contributed by atoms with van der Waals surface area (Å²) in [6, 6.07) is 0. The molecule has 0 atom stereocenters. The Morgan fingerprint density at radius 1 is 0.833 bits per heavy atom. The van der Waals surface area contributed by atoms with Gasteiger partial charge in [0.2, 0.25) is 0 Å². The predicted molar refractivity (Wildman–Crippen MR) is 83.8 cm³/mol. The van der Waals surface area contributed by atoms with Crippen LogP contribution in [0.15, 0.2) is 12.7 Å². The van der Waals surface area contributed by atoms with Gasteiger partial charge in [-0.15, -0.1) is 0 Å². The quantitative estimate of drug-likeness (QED) is 0.349. The molecule has 8 heteroatoms. The number of esters is 3. The van der Waals surface area contributed by atoms with Crippen LogP contribution in [0.5, 0.6) is 0 Å². The fraction of sp³-hybridized carbons (Fsp3) is 0.688. The highest BCUT2D eigenvalue weighted by Gasteiger charge is 2.35. The van der Waals surface area contributed by atoms with Gasteiger partial charge in [-0.1, -0.05) is 6.58 Å².